The Bertz CT molecular complexity index is 567. The smallest absolute Gasteiger partial charge is 0.265 e. The first-order valence-corrected chi connectivity index (χ1v) is 7.25. The van der Waals surface area contributed by atoms with Crippen LogP contribution in [0, 0.1) is 0 Å². The minimum Gasteiger partial charge on any atom is -0.482 e. The van der Waals surface area contributed by atoms with Crippen molar-refractivity contribution >= 4 is 23.2 Å². The van der Waals surface area contributed by atoms with Gasteiger partial charge in [0.15, 0.2) is 6.61 Å². The zero-order valence-corrected chi connectivity index (χ0v) is 11.9. The average molecular weight is 289 g/mol. The third-order valence-corrected chi connectivity index (χ3v) is 3.93. The van der Waals surface area contributed by atoms with Gasteiger partial charge in [-0.2, -0.15) is 0 Å². The first-order chi connectivity index (χ1) is 10.1. The highest BCUT2D eigenvalue weighted by molar-refractivity contribution is 6.02. The molecule has 2 aliphatic rings. The summed E-state index contributed by atoms with van der Waals surface area (Å²) in [6.07, 6.45) is 3.23. The van der Waals surface area contributed by atoms with Crippen LogP contribution in [0.2, 0.25) is 0 Å². The van der Waals surface area contributed by atoms with Gasteiger partial charge in [0.25, 0.3) is 5.91 Å². The second kappa shape index (κ2) is 5.63. The normalized spacial score (nSPS) is 18.2. The van der Waals surface area contributed by atoms with E-state index >= 15 is 0 Å². The Hall–Kier alpha value is -2.24. The molecule has 112 valence electrons. The number of nitrogens with two attached hydrogens (primary N) is 1. The van der Waals surface area contributed by atoms with Gasteiger partial charge in [0, 0.05) is 18.8 Å². The molecule has 2 heterocycles. The molecule has 0 saturated carbocycles. The summed E-state index contributed by atoms with van der Waals surface area (Å²) < 4.78 is 5.38. The van der Waals surface area contributed by atoms with Gasteiger partial charge in [-0.05, 0) is 37.5 Å². The van der Waals surface area contributed by atoms with E-state index in [1.54, 1.807) is 18.2 Å². The summed E-state index contributed by atoms with van der Waals surface area (Å²) in [6.45, 7) is 1.57. The molecule has 0 aromatic heterocycles. The predicted octanol–water partition coefficient (Wildman–Crippen LogP) is 1.01. The number of piperidine rings is 1. The van der Waals surface area contributed by atoms with Crippen molar-refractivity contribution in [1.82, 2.24) is 4.90 Å². The number of nitrogen functional groups attached to an aromatic ring is 1. The van der Waals surface area contributed by atoms with Crippen LogP contribution >= 0.6 is 0 Å². The number of rotatable bonds is 2. The number of nitrogens with zero attached hydrogens (tertiary/aromatic N) is 2. The second-order valence-corrected chi connectivity index (χ2v) is 5.44. The van der Waals surface area contributed by atoms with Gasteiger partial charge in [-0.15, -0.1) is 0 Å². The Morgan fingerprint density at radius 1 is 1.24 bits per heavy atom. The summed E-state index contributed by atoms with van der Waals surface area (Å²) in [7, 11) is 0. The van der Waals surface area contributed by atoms with E-state index in [0.717, 1.165) is 25.9 Å². The van der Waals surface area contributed by atoms with Crippen molar-refractivity contribution in [1.29, 1.82) is 0 Å². The molecule has 2 amide bonds. The lowest BCUT2D eigenvalue weighted by Gasteiger charge is -2.32. The number of fused-ring (bicyclic) bond motifs is 1. The van der Waals surface area contributed by atoms with Crippen LogP contribution in [-0.2, 0) is 9.59 Å². The average Bonchev–Trinajstić information content (AvgIpc) is 2.51. The van der Waals surface area contributed by atoms with Crippen molar-refractivity contribution < 1.29 is 14.3 Å². The number of amides is 2. The third kappa shape index (κ3) is 2.79. The quantitative estimate of drug-likeness (QED) is 0.824. The lowest BCUT2D eigenvalue weighted by Crippen LogP contribution is -2.47. The number of carbonyl (C=O) groups excluding carboxylic acids is 2. The fraction of sp³-hybridized carbons (Fsp3) is 0.467. The highest BCUT2D eigenvalue weighted by Gasteiger charge is 2.29. The molecule has 3 rings (SSSR count). The predicted molar refractivity (Wildman–Crippen MR) is 79.1 cm³/mol. The molecule has 2 N–H and O–H groups in total. The molecule has 6 nitrogen and oxygen atoms in total. The van der Waals surface area contributed by atoms with E-state index in [2.05, 4.69) is 0 Å². The van der Waals surface area contributed by atoms with Crippen LogP contribution in [0.15, 0.2) is 18.2 Å². The maximum Gasteiger partial charge on any atom is 0.265 e. The van der Waals surface area contributed by atoms with Gasteiger partial charge in [-0.25, -0.2) is 0 Å². The molecule has 2 aliphatic heterocycles. The molecule has 0 atom stereocenters. The first kappa shape index (κ1) is 13.7. The monoisotopic (exact) mass is 289 g/mol. The Morgan fingerprint density at radius 3 is 2.76 bits per heavy atom. The molecule has 0 aliphatic carbocycles. The van der Waals surface area contributed by atoms with Crippen molar-refractivity contribution in [3.8, 4) is 5.75 Å². The molecule has 1 saturated heterocycles. The van der Waals surface area contributed by atoms with E-state index in [1.165, 1.54) is 11.3 Å². The topological polar surface area (TPSA) is 75.9 Å². The Kier molecular flexibility index (Phi) is 3.68. The zero-order valence-electron chi connectivity index (χ0n) is 11.9. The third-order valence-electron chi connectivity index (χ3n) is 3.93. The van der Waals surface area contributed by atoms with Crippen LogP contribution in [-0.4, -0.2) is 43.0 Å². The Labute approximate surface area is 123 Å². The number of hydrogen-bond donors (Lipinski definition) is 1. The summed E-state index contributed by atoms with van der Waals surface area (Å²) >= 11 is 0. The fourth-order valence-electron chi connectivity index (χ4n) is 2.77. The zero-order chi connectivity index (χ0) is 14.8. The summed E-state index contributed by atoms with van der Waals surface area (Å²) in [5.41, 5.74) is 6.90. The number of hydrogen-bond acceptors (Lipinski definition) is 4. The van der Waals surface area contributed by atoms with Gasteiger partial charge >= 0.3 is 0 Å². The minimum atomic E-state index is -0.210. The van der Waals surface area contributed by atoms with Gasteiger partial charge < -0.3 is 15.4 Å². The summed E-state index contributed by atoms with van der Waals surface area (Å²) in [4.78, 5) is 27.8. The molecule has 1 fully saturated rings. The van der Waals surface area contributed by atoms with Gasteiger partial charge in [0.05, 0.1) is 5.69 Å². The lowest BCUT2D eigenvalue weighted by atomic mass is 10.1. The Morgan fingerprint density at radius 2 is 2.00 bits per heavy atom. The standard InChI is InChI=1S/C15H19N3O3/c16-11-4-5-13-12(8-11)18(15(20)10-21-13)9-14(19)17-6-2-1-3-7-17/h4-5,8H,1-3,6-7,9-10,16H2. The van der Waals surface area contributed by atoms with Gasteiger partial charge in [0.2, 0.25) is 5.91 Å². The van der Waals surface area contributed by atoms with E-state index < -0.39 is 0 Å². The highest BCUT2D eigenvalue weighted by atomic mass is 16.5. The van der Waals surface area contributed by atoms with E-state index in [0.29, 0.717) is 17.1 Å². The number of carbonyl (C=O) groups is 2. The molecule has 1 aromatic rings. The molecule has 0 unspecified atom stereocenters. The van der Waals surface area contributed by atoms with Crippen LogP contribution in [0.4, 0.5) is 11.4 Å². The maximum atomic E-state index is 12.4. The van der Waals surface area contributed by atoms with Crippen molar-refractivity contribution in [2.75, 3.05) is 36.9 Å². The molecule has 0 spiro atoms. The van der Waals surface area contributed by atoms with Crippen LogP contribution in [0.1, 0.15) is 19.3 Å². The van der Waals surface area contributed by atoms with Crippen LogP contribution in [0.5, 0.6) is 5.75 Å². The number of anilines is 2. The minimum absolute atomic E-state index is 0.0154. The summed E-state index contributed by atoms with van der Waals surface area (Å²) in [5, 5.41) is 0. The number of benzene rings is 1. The Balaban J connectivity index is 1.79. The maximum absolute atomic E-state index is 12.4. The van der Waals surface area contributed by atoms with E-state index in [1.807, 2.05) is 4.90 Å². The highest BCUT2D eigenvalue weighted by Crippen LogP contribution is 2.33. The molecule has 0 bridgehead atoms. The first-order valence-electron chi connectivity index (χ1n) is 7.25. The largest absolute Gasteiger partial charge is 0.482 e. The number of ether oxygens (including phenoxy) is 1. The molecule has 1 aromatic carbocycles. The summed E-state index contributed by atoms with van der Waals surface area (Å²) in [6, 6.07) is 5.13. The number of likely N-dealkylation sites (tertiary alicyclic amines) is 1. The molecular weight excluding hydrogens is 270 g/mol. The van der Waals surface area contributed by atoms with Crippen molar-refractivity contribution in [2.24, 2.45) is 0 Å². The van der Waals surface area contributed by atoms with Gasteiger partial charge in [-0.1, -0.05) is 0 Å². The van der Waals surface area contributed by atoms with Crippen molar-refractivity contribution in [3.05, 3.63) is 18.2 Å². The van der Waals surface area contributed by atoms with E-state index in [4.69, 9.17) is 10.5 Å². The summed E-state index contributed by atoms with van der Waals surface area (Å²) in [5.74, 6) is 0.368. The molecule has 6 heteroatoms. The van der Waals surface area contributed by atoms with E-state index in [-0.39, 0.29) is 25.0 Å². The lowest BCUT2D eigenvalue weighted by molar-refractivity contribution is -0.132. The van der Waals surface area contributed by atoms with Crippen LogP contribution in [0.3, 0.4) is 0 Å². The van der Waals surface area contributed by atoms with Gasteiger partial charge in [-0.3, -0.25) is 14.5 Å². The van der Waals surface area contributed by atoms with Gasteiger partial charge in [0.1, 0.15) is 12.3 Å². The van der Waals surface area contributed by atoms with E-state index in [9.17, 15) is 9.59 Å². The van der Waals surface area contributed by atoms with Crippen molar-refractivity contribution in [2.45, 2.75) is 19.3 Å². The second-order valence-electron chi connectivity index (χ2n) is 5.44. The SMILES string of the molecule is Nc1ccc2c(c1)N(CC(=O)N1CCCCC1)C(=O)CO2. The fourth-order valence-corrected chi connectivity index (χ4v) is 2.77. The van der Waals surface area contributed by atoms with Crippen molar-refractivity contribution in [3.63, 3.8) is 0 Å². The molecule has 0 radical (unpaired) electrons. The van der Waals surface area contributed by atoms with Crippen LogP contribution < -0.4 is 15.4 Å². The molecule has 21 heavy (non-hydrogen) atoms. The van der Waals surface area contributed by atoms with Crippen LogP contribution in [0.25, 0.3) is 0 Å². The molecular formula is C15H19N3O3.